The largest absolute Gasteiger partial charge is 0.347 e. The zero-order chi connectivity index (χ0) is 13.5. The number of hydrogen-bond donors (Lipinski definition) is 1. The van der Waals surface area contributed by atoms with E-state index in [1.165, 1.54) is 19.5 Å². The minimum atomic E-state index is -0.315. The predicted molar refractivity (Wildman–Crippen MR) is 74.8 cm³/mol. The number of rotatable bonds is 1. The highest BCUT2D eigenvalue weighted by Gasteiger charge is 2.46. The SMILES string of the molecule is CC1CC(C)CN(C2CC3(CCC2N)OCCO3)C1. The molecule has 3 aliphatic rings. The van der Waals surface area contributed by atoms with Gasteiger partial charge in [0.05, 0.1) is 13.2 Å². The number of nitrogens with zero attached hydrogens (tertiary/aromatic N) is 1. The van der Waals surface area contributed by atoms with E-state index in [2.05, 4.69) is 18.7 Å². The second-order valence-corrected chi connectivity index (χ2v) is 6.98. The number of ether oxygens (including phenoxy) is 2. The molecule has 4 heteroatoms. The molecule has 0 aromatic heterocycles. The molecule has 4 atom stereocenters. The van der Waals surface area contributed by atoms with Crippen LogP contribution < -0.4 is 5.73 Å². The summed E-state index contributed by atoms with van der Waals surface area (Å²) in [6.45, 7) is 8.56. The van der Waals surface area contributed by atoms with Crippen molar-refractivity contribution in [2.24, 2.45) is 17.6 Å². The van der Waals surface area contributed by atoms with Gasteiger partial charge in [-0.2, -0.15) is 0 Å². The fourth-order valence-corrected chi connectivity index (χ4v) is 4.29. The van der Waals surface area contributed by atoms with Crippen molar-refractivity contribution in [3.63, 3.8) is 0 Å². The molecule has 0 amide bonds. The maximum absolute atomic E-state index is 6.40. The summed E-state index contributed by atoms with van der Waals surface area (Å²) in [5, 5.41) is 0. The third-order valence-electron chi connectivity index (χ3n) is 5.05. The van der Waals surface area contributed by atoms with E-state index in [-0.39, 0.29) is 11.8 Å². The first-order valence-corrected chi connectivity index (χ1v) is 7.85. The van der Waals surface area contributed by atoms with Gasteiger partial charge in [0.25, 0.3) is 0 Å². The van der Waals surface area contributed by atoms with Crippen LogP contribution in [0.5, 0.6) is 0 Å². The Kier molecular flexibility index (Phi) is 3.87. The number of piperidine rings is 1. The second kappa shape index (κ2) is 5.32. The molecule has 0 radical (unpaired) electrons. The third-order valence-corrected chi connectivity index (χ3v) is 5.05. The van der Waals surface area contributed by atoms with Crippen LogP contribution >= 0.6 is 0 Å². The molecule has 2 saturated heterocycles. The van der Waals surface area contributed by atoms with Crippen LogP contribution in [0.2, 0.25) is 0 Å². The van der Waals surface area contributed by atoms with Crippen LogP contribution in [0, 0.1) is 11.8 Å². The van der Waals surface area contributed by atoms with Crippen molar-refractivity contribution >= 4 is 0 Å². The summed E-state index contributed by atoms with van der Waals surface area (Å²) in [6, 6.07) is 0.702. The molecule has 1 aliphatic carbocycles. The molecule has 110 valence electrons. The highest BCUT2D eigenvalue weighted by atomic mass is 16.7. The monoisotopic (exact) mass is 268 g/mol. The smallest absolute Gasteiger partial charge is 0.170 e. The summed E-state index contributed by atoms with van der Waals surface area (Å²) in [4.78, 5) is 2.61. The fraction of sp³-hybridized carbons (Fsp3) is 1.00. The number of nitrogens with two attached hydrogens (primary N) is 1. The van der Waals surface area contributed by atoms with Crippen LogP contribution in [0.3, 0.4) is 0 Å². The molecular formula is C15H28N2O2. The van der Waals surface area contributed by atoms with Gasteiger partial charge >= 0.3 is 0 Å². The molecule has 2 aliphatic heterocycles. The average Bonchev–Trinajstić information content (AvgIpc) is 2.80. The predicted octanol–water partition coefficient (Wildman–Crippen LogP) is 1.59. The molecule has 0 aromatic rings. The van der Waals surface area contributed by atoms with Crippen molar-refractivity contribution in [1.29, 1.82) is 0 Å². The Labute approximate surface area is 116 Å². The molecule has 0 bridgehead atoms. The normalized spacial score (nSPS) is 43.7. The van der Waals surface area contributed by atoms with Crippen LogP contribution in [0.15, 0.2) is 0 Å². The van der Waals surface area contributed by atoms with E-state index in [9.17, 15) is 0 Å². The van der Waals surface area contributed by atoms with E-state index in [1.807, 2.05) is 0 Å². The van der Waals surface area contributed by atoms with Crippen LogP contribution in [0.25, 0.3) is 0 Å². The molecule has 2 N–H and O–H groups in total. The van der Waals surface area contributed by atoms with Crippen LogP contribution in [0.1, 0.15) is 39.5 Å². The molecule has 3 rings (SSSR count). The Morgan fingerprint density at radius 1 is 1.11 bits per heavy atom. The standard InChI is InChI=1S/C15H28N2O2/c1-11-7-12(2)10-17(9-11)14-8-15(4-3-13(14)16)18-5-6-19-15/h11-14H,3-10,16H2,1-2H3. The van der Waals surface area contributed by atoms with E-state index >= 15 is 0 Å². The van der Waals surface area contributed by atoms with Gasteiger partial charge in [0.1, 0.15) is 0 Å². The summed E-state index contributed by atoms with van der Waals surface area (Å²) in [7, 11) is 0. The Hall–Kier alpha value is -0.160. The first-order chi connectivity index (χ1) is 9.08. The van der Waals surface area contributed by atoms with Gasteiger partial charge in [-0.05, 0) is 24.7 Å². The zero-order valence-electron chi connectivity index (χ0n) is 12.3. The molecule has 4 nitrogen and oxygen atoms in total. The number of hydrogen-bond acceptors (Lipinski definition) is 4. The summed E-state index contributed by atoms with van der Waals surface area (Å²) >= 11 is 0. The Morgan fingerprint density at radius 2 is 1.74 bits per heavy atom. The van der Waals surface area contributed by atoms with Crippen molar-refractivity contribution in [2.75, 3.05) is 26.3 Å². The topological polar surface area (TPSA) is 47.7 Å². The Bertz CT molecular complexity index is 307. The van der Waals surface area contributed by atoms with E-state index in [1.54, 1.807) is 0 Å². The van der Waals surface area contributed by atoms with E-state index in [4.69, 9.17) is 15.2 Å². The van der Waals surface area contributed by atoms with Gasteiger partial charge in [-0.25, -0.2) is 0 Å². The molecule has 3 fully saturated rings. The van der Waals surface area contributed by atoms with Crippen molar-refractivity contribution in [3.8, 4) is 0 Å². The van der Waals surface area contributed by atoms with Gasteiger partial charge in [-0.1, -0.05) is 13.8 Å². The lowest BCUT2D eigenvalue weighted by molar-refractivity contribution is -0.193. The summed E-state index contributed by atoms with van der Waals surface area (Å²) in [6.07, 6.45) is 4.28. The molecular weight excluding hydrogens is 240 g/mol. The first kappa shape index (κ1) is 13.8. The second-order valence-electron chi connectivity index (χ2n) is 6.98. The molecule has 1 spiro atoms. The molecule has 1 saturated carbocycles. The van der Waals surface area contributed by atoms with Gasteiger partial charge in [0.15, 0.2) is 5.79 Å². The summed E-state index contributed by atoms with van der Waals surface area (Å²) in [5.41, 5.74) is 6.40. The Morgan fingerprint density at radius 3 is 2.37 bits per heavy atom. The molecule has 0 aromatic carbocycles. The Balaban J connectivity index is 1.70. The van der Waals surface area contributed by atoms with Crippen molar-refractivity contribution in [3.05, 3.63) is 0 Å². The van der Waals surface area contributed by atoms with Gasteiger partial charge in [0.2, 0.25) is 0 Å². The van der Waals surface area contributed by atoms with Gasteiger partial charge in [0, 0.05) is 38.0 Å². The van der Waals surface area contributed by atoms with Gasteiger partial charge < -0.3 is 15.2 Å². The molecule has 19 heavy (non-hydrogen) atoms. The van der Waals surface area contributed by atoms with Crippen LogP contribution in [-0.4, -0.2) is 49.1 Å². The maximum atomic E-state index is 6.40. The summed E-state index contributed by atoms with van der Waals surface area (Å²) in [5.74, 6) is 1.24. The van der Waals surface area contributed by atoms with Gasteiger partial charge in [-0.15, -0.1) is 0 Å². The minimum Gasteiger partial charge on any atom is -0.347 e. The lowest BCUT2D eigenvalue weighted by atomic mass is 9.82. The lowest BCUT2D eigenvalue weighted by Gasteiger charge is -2.48. The fourth-order valence-electron chi connectivity index (χ4n) is 4.29. The number of likely N-dealkylation sites (tertiary alicyclic amines) is 1. The minimum absolute atomic E-state index is 0.274. The quantitative estimate of drug-likeness (QED) is 0.784. The van der Waals surface area contributed by atoms with Crippen LogP contribution in [0.4, 0.5) is 0 Å². The highest BCUT2D eigenvalue weighted by molar-refractivity contribution is 4.96. The van der Waals surface area contributed by atoms with E-state index in [0.717, 1.165) is 44.3 Å². The molecule has 4 unspecified atom stereocenters. The highest BCUT2D eigenvalue weighted by Crippen LogP contribution is 2.38. The zero-order valence-corrected chi connectivity index (χ0v) is 12.3. The first-order valence-electron chi connectivity index (χ1n) is 7.85. The van der Waals surface area contributed by atoms with E-state index in [0.29, 0.717) is 6.04 Å². The van der Waals surface area contributed by atoms with E-state index < -0.39 is 0 Å². The summed E-state index contributed by atoms with van der Waals surface area (Å²) < 4.78 is 11.8. The lowest BCUT2D eigenvalue weighted by Crippen LogP contribution is -2.58. The van der Waals surface area contributed by atoms with Crippen molar-refractivity contribution in [1.82, 2.24) is 4.90 Å². The average molecular weight is 268 g/mol. The third kappa shape index (κ3) is 2.82. The van der Waals surface area contributed by atoms with Crippen molar-refractivity contribution < 1.29 is 9.47 Å². The molecule has 2 heterocycles. The maximum Gasteiger partial charge on any atom is 0.170 e. The van der Waals surface area contributed by atoms with Crippen molar-refractivity contribution in [2.45, 2.75) is 57.4 Å². The van der Waals surface area contributed by atoms with Gasteiger partial charge in [-0.3, -0.25) is 4.90 Å². The van der Waals surface area contributed by atoms with Crippen LogP contribution in [-0.2, 0) is 9.47 Å².